The molecule has 3 N–H and O–H groups in total. The number of benzene rings is 2. The number of nitrogens with one attached hydrogen (secondary N) is 3. The van der Waals surface area contributed by atoms with E-state index in [1.165, 1.54) is 13.0 Å². The predicted molar refractivity (Wildman–Crippen MR) is 88.0 cm³/mol. The molecule has 3 amide bonds. The van der Waals surface area contributed by atoms with Crippen molar-refractivity contribution in [3.8, 4) is 0 Å². The first-order valence-corrected chi connectivity index (χ1v) is 7.37. The van der Waals surface area contributed by atoms with Crippen LogP contribution in [0.15, 0.2) is 36.4 Å². The van der Waals surface area contributed by atoms with Crippen LogP contribution >= 0.6 is 0 Å². The lowest BCUT2D eigenvalue weighted by Crippen LogP contribution is -2.33. The minimum atomic E-state index is -1.77. The van der Waals surface area contributed by atoms with E-state index in [1.807, 2.05) is 0 Å². The Morgan fingerprint density at radius 2 is 1.58 bits per heavy atom. The van der Waals surface area contributed by atoms with Gasteiger partial charge in [0.25, 0.3) is 5.91 Å². The van der Waals surface area contributed by atoms with Crippen molar-refractivity contribution in [1.82, 2.24) is 5.32 Å². The summed E-state index contributed by atoms with van der Waals surface area (Å²) in [6.07, 6.45) is 0. The molecule has 0 aliphatic rings. The second kappa shape index (κ2) is 8.15. The maximum absolute atomic E-state index is 13.5. The van der Waals surface area contributed by atoms with Gasteiger partial charge in [0.2, 0.25) is 11.8 Å². The summed E-state index contributed by atoms with van der Waals surface area (Å²) in [6, 6.07) is 7.65. The average molecular weight is 365 g/mol. The van der Waals surface area contributed by atoms with Crippen LogP contribution in [0.3, 0.4) is 0 Å². The molecule has 0 bridgehead atoms. The quantitative estimate of drug-likeness (QED) is 0.711. The van der Waals surface area contributed by atoms with Crippen LogP contribution in [0.2, 0.25) is 0 Å². The molecular weight excluding hydrogens is 351 g/mol. The number of amides is 3. The van der Waals surface area contributed by atoms with E-state index >= 15 is 0 Å². The van der Waals surface area contributed by atoms with Crippen molar-refractivity contribution in [2.45, 2.75) is 6.92 Å². The van der Waals surface area contributed by atoms with Crippen molar-refractivity contribution in [3.05, 3.63) is 59.4 Å². The van der Waals surface area contributed by atoms with Gasteiger partial charge in [-0.3, -0.25) is 14.4 Å². The van der Waals surface area contributed by atoms with E-state index in [1.54, 1.807) is 18.2 Å². The number of halogens is 3. The fraction of sp³-hybridized carbons (Fsp3) is 0.118. The fourth-order valence-electron chi connectivity index (χ4n) is 2.04. The number of carbonyl (C=O) groups is 3. The first-order valence-electron chi connectivity index (χ1n) is 7.37. The lowest BCUT2D eigenvalue weighted by Gasteiger charge is -2.09. The molecular formula is C17H14F3N3O3. The summed E-state index contributed by atoms with van der Waals surface area (Å²) in [5.74, 6) is -6.81. The summed E-state index contributed by atoms with van der Waals surface area (Å²) in [4.78, 5) is 34.6. The Labute approximate surface area is 146 Å². The normalized spacial score (nSPS) is 10.2. The van der Waals surface area contributed by atoms with Gasteiger partial charge in [0.05, 0.1) is 12.1 Å². The summed E-state index contributed by atoms with van der Waals surface area (Å²) in [5, 5.41) is 7.11. The number of hydrogen-bond donors (Lipinski definition) is 3. The Morgan fingerprint density at radius 1 is 0.923 bits per heavy atom. The fourth-order valence-corrected chi connectivity index (χ4v) is 2.04. The van der Waals surface area contributed by atoms with E-state index in [-0.39, 0.29) is 5.91 Å². The van der Waals surface area contributed by atoms with E-state index < -0.39 is 41.4 Å². The maximum atomic E-state index is 13.5. The van der Waals surface area contributed by atoms with Gasteiger partial charge in [-0.2, -0.15) is 0 Å². The summed E-state index contributed by atoms with van der Waals surface area (Å²) in [6.45, 7) is 0.805. The number of hydrogen-bond acceptors (Lipinski definition) is 3. The summed E-state index contributed by atoms with van der Waals surface area (Å²) in [5.41, 5.74) is 0.0991. The molecule has 2 aromatic rings. The molecule has 26 heavy (non-hydrogen) atoms. The number of rotatable bonds is 5. The van der Waals surface area contributed by atoms with Crippen LogP contribution in [0.25, 0.3) is 0 Å². The van der Waals surface area contributed by atoms with E-state index in [0.29, 0.717) is 17.4 Å². The molecule has 0 atom stereocenters. The van der Waals surface area contributed by atoms with Crippen LogP contribution in [0.4, 0.5) is 24.5 Å². The lowest BCUT2D eigenvalue weighted by atomic mass is 10.2. The summed E-state index contributed by atoms with van der Waals surface area (Å²) < 4.78 is 39.5. The van der Waals surface area contributed by atoms with Crippen LogP contribution in [-0.4, -0.2) is 24.3 Å². The highest BCUT2D eigenvalue weighted by Gasteiger charge is 2.19. The molecule has 0 aliphatic carbocycles. The minimum absolute atomic E-state index is 0.283. The molecule has 0 radical (unpaired) electrons. The molecule has 2 aromatic carbocycles. The van der Waals surface area contributed by atoms with E-state index in [2.05, 4.69) is 16.0 Å². The summed E-state index contributed by atoms with van der Waals surface area (Å²) in [7, 11) is 0. The van der Waals surface area contributed by atoms with Gasteiger partial charge in [-0.05, 0) is 30.3 Å². The highest BCUT2D eigenvalue weighted by atomic mass is 19.2. The molecule has 136 valence electrons. The van der Waals surface area contributed by atoms with Crippen LogP contribution in [0.1, 0.15) is 17.3 Å². The van der Waals surface area contributed by atoms with Crippen molar-refractivity contribution in [3.63, 3.8) is 0 Å². The van der Waals surface area contributed by atoms with Crippen molar-refractivity contribution in [2.24, 2.45) is 0 Å². The molecule has 0 spiro atoms. The Bertz CT molecular complexity index is 872. The van der Waals surface area contributed by atoms with Gasteiger partial charge in [-0.15, -0.1) is 0 Å². The molecule has 0 fully saturated rings. The smallest absolute Gasteiger partial charge is 0.254 e. The highest BCUT2D eigenvalue weighted by molar-refractivity contribution is 5.99. The monoisotopic (exact) mass is 365 g/mol. The van der Waals surface area contributed by atoms with Crippen molar-refractivity contribution >= 4 is 29.1 Å². The maximum Gasteiger partial charge on any atom is 0.254 e. The molecule has 0 aromatic heterocycles. The molecule has 0 saturated heterocycles. The minimum Gasteiger partial charge on any atom is -0.343 e. The first kappa shape index (κ1) is 19.0. The Kier molecular flexibility index (Phi) is 5.94. The third-order valence-electron chi connectivity index (χ3n) is 3.16. The zero-order valence-electron chi connectivity index (χ0n) is 13.5. The zero-order valence-corrected chi connectivity index (χ0v) is 13.5. The van der Waals surface area contributed by atoms with Crippen LogP contribution < -0.4 is 16.0 Å². The van der Waals surface area contributed by atoms with Gasteiger partial charge in [0, 0.05) is 18.3 Å². The van der Waals surface area contributed by atoms with Gasteiger partial charge >= 0.3 is 0 Å². The SMILES string of the molecule is CC(=O)Nc1cccc(NC(=O)CNC(=O)c2ccc(F)c(F)c2F)c1. The van der Waals surface area contributed by atoms with Crippen LogP contribution in [0.5, 0.6) is 0 Å². The van der Waals surface area contributed by atoms with Crippen molar-refractivity contribution in [1.29, 1.82) is 0 Å². The van der Waals surface area contributed by atoms with Gasteiger partial charge in [0.15, 0.2) is 17.5 Å². The topological polar surface area (TPSA) is 87.3 Å². The lowest BCUT2D eigenvalue weighted by molar-refractivity contribution is -0.115. The zero-order chi connectivity index (χ0) is 19.3. The summed E-state index contributed by atoms with van der Waals surface area (Å²) >= 11 is 0. The Balaban J connectivity index is 1.96. The first-order chi connectivity index (χ1) is 12.3. The average Bonchev–Trinajstić information content (AvgIpc) is 2.57. The highest BCUT2D eigenvalue weighted by Crippen LogP contribution is 2.16. The second-order valence-electron chi connectivity index (χ2n) is 5.22. The molecule has 9 heteroatoms. The molecule has 0 saturated carbocycles. The van der Waals surface area contributed by atoms with Gasteiger partial charge in [-0.1, -0.05) is 6.07 Å². The molecule has 0 aliphatic heterocycles. The third-order valence-corrected chi connectivity index (χ3v) is 3.16. The predicted octanol–water partition coefficient (Wildman–Crippen LogP) is 2.43. The number of carbonyl (C=O) groups excluding carboxylic acids is 3. The van der Waals surface area contributed by atoms with Crippen molar-refractivity contribution in [2.75, 3.05) is 17.2 Å². The largest absolute Gasteiger partial charge is 0.343 e. The van der Waals surface area contributed by atoms with Gasteiger partial charge in [-0.25, -0.2) is 13.2 Å². The third kappa shape index (κ3) is 4.82. The standard InChI is InChI=1S/C17H14F3N3O3/c1-9(24)22-10-3-2-4-11(7-10)23-14(25)8-21-17(26)12-5-6-13(18)16(20)15(12)19/h2-7H,8H2,1H3,(H,21,26)(H,22,24)(H,23,25). The molecule has 0 heterocycles. The van der Waals surface area contributed by atoms with Gasteiger partial charge in [0.1, 0.15) is 0 Å². The molecule has 0 unspecified atom stereocenters. The Hall–Kier alpha value is -3.36. The van der Waals surface area contributed by atoms with Crippen LogP contribution in [-0.2, 0) is 9.59 Å². The Morgan fingerprint density at radius 3 is 2.23 bits per heavy atom. The molecule has 6 nitrogen and oxygen atoms in total. The number of anilines is 2. The second-order valence-corrected chi connectivity index (χ2v) is 5.22. The van der Waals surface area contributed by atoms with Crippen molar-refractivity contribution < 1.29 is 27.6 Å². The van der Waals surface area contributed by atoms with E-state index in [0.717, 1.165) is 6.07 Å². The van der Waals surface area contributed by atoms with Gasteiger partial charge < -0.3 is 16.0 Å². The van der Waals surface area contributed by atoms with Crippen LogP contribution in [0, 0.1) is 17.5 Å². The van der Waals surface area contributed by atoms with E-state index in [9.17, 15) is 27.6 Å². The molecule has 2 rings (SSSR count). The van der Waals surface area contributed by atoms with E-state index in [4.69, 9.17) is 0 Å².